The van der Waals surface area contributed by atoms with Crippen LogP contribution in [0.25, 0.3) is 0 Å². The predicted octanol–water partition coefficient (Wildman–Crippen LogP) is 4.08. The van der Waals surface area contributed by atoms with E-state index in [1.54, 1.807) is 0 Å². The Hall–Kier alpha value is -1.71. The van der Waals surface area contributed by atoms with Gasteiger partial charge in [0, 0.05) is 18.0 Å². The molecule has 0 aromatic heterocycles. The van der Waals surface area contributed by atoms with Gasteiger partial charge in [0.05, 0.1) is 5.02 Å². The first kappa shape index (κ1) is 16.7. The number of nitrogens with zero attached hydrogens (tertiary/aromatic N) is 1. The van der Waals surface area contributed by atoms with Crippen molar-refractivity contribution in [1.82, 2.24) is 4.90 Å². The summed E-state index contributed by atoms with van der Waals surface area (Å²) in [7, 11) is 3.86. The van der Waals surface area contributed by atoms with Crippen molar-refractivity contribution in [2.75, 3.05) is 20.6 Å². The number of hydrogen-bond donors (Lipinski definition) is 0. The van der Waals surface area contributed by atoms with Crippen molar-refractivity contribution in [3.63, 3.8) is 0 Å². The second-order valence-electron chi connectivity index (χ2n) is 5.64. The molecule has 0 aliphatic heterocycles. The molecule has 0 bridgehead atoms. The summed E-state index contributed by atoms with van der Waals surface area (Å²) in [6.45, 7) is 0.613. The van der Waals surface area contributed by atoms with Crippen molar-refractivity contribution in [3.05, 3.63) is 70.5 Å². The molecule has 4 heteroatoms. The van der Waals surface area contributed by atoms with Crippen LogP contribution in [0.15, 0.2) is 48.5 Å². The minimum absolute atomic E-state index is 0.0532. The van der Waals surface area contributed by atoms with Crippen molar-refractivity contribution in [1.29, 1.82) is 0 Å². The lowest BCUT2D eigenvalue weighted by atomic mass is 9.91. The molecule has 2 aromatic rings. The highest BCUT2D eigenvalue weighted by Gasteiger charge is 2.23. The van der Waals surface area contributed by atoms with Crippen LogP contribution in [-0.2, 0) is 6.42 Å². The molecule has 116 valence electrons. The van der Waals surface area contributed by atoms with E-state index in [1.807, 2.05) is 49.3 Å². The molecule has 0 aliphatic carbocycles. The number of hydrogen-bond acceptors (Lipinski definition) is 2. The van der Waals surface area contributed by atoms with Gasteiger partial charge in [-0.15, -0.1) is 0 Å². The molecule has 2 rings (SSSR count). The van der Waals surface area contributed by atoms with Crippen LogP contribution in [0.1, 0.15) is 15.9 Å². The number of benzene rings is 2. The summed E-state index contributed by atoms with van der Waals surface area (Å²) < 4.78 is 13.2. The molecule has 2 nitrogen and oxygen atoms in total. The van der Waals surface area contributed by atoms with Crippen LogP contribution in [0, 0.1) is 11.7 Å². The lowest BCUT2D eigenvalue weighted by molar-refractivity contribution is 0.0897. The molecule has 1 atom stereocenters. The molecule has 1 unspecified atom stereocenters. The van der Waals surface area contributed by atoms with E-state index in [0.29, 0.717) is 18.5 Å². The summed E-state index contributed by atoms with van der Waals surface area (Å²) in [5.74, 6) is -0.711. The number of rotatable bonds is 6. The molecule has 0 heterocycles. The Morgan fingerprint density at radius 2 is 1.86 bits per heavy atom. The van der Waals surface area contributed by atoms with Crippen LogP contribution in [0.3, 0.4) is 0 Å². The Balaban J connectivity index is 2.26. The number of Topliss-reactive ketones (excluding diaryl/α,β-unsaturated/α-hetero) is 1. The van der Waals surface area contributed by atoms with Gasteiger partial charge in [0.25, 0.3) is 0 Å². The average molecular weight is 320 g/mol. The normalized spacial score (nSPS) is 12.4. The SMILES string of the molecule is CN(C)CC(Cc1ccccc1)C(=O)c1ccc(F)cc1Cl. The summed E-state index contributed by atoms with van der Waals surface area (Å²) in [6.07, 6.45) is 0.631. The van der Waals surface area contributed by atoms with Crippen molar-refractivity contribution >= 4 is 17.4 Å². The summed E-state index contributed by atoms with van der Waals surface area (Å²) in [4.78, 5) is 14.8. The third kappa shape index (κ3) is 4.39. The molecule has 0 radical (unpaired) electrons. The van der Waals surface area contributed by atoms with Gasteiger partial charge >= 0.3 is 0 Å². The van der Waals surface area contributed by atoms with Crippen LogP contribution in [-0.4, -0.2) is 31.3 Å². The first-order valence-electron chi connectivity index (χ1n) is 7.15. The average Bonchev–Trinajstić information content (AvgIpc) is 2.46. The highest BCUT2D eigenvalue weighted by Crippen LogP contribution is 2.23. The van der Waals surface area contributed by atoms with Gasteiger partial charge in [-0.1, -0.05) is 41.9 Å². The molecule has 0 aliphatic rings. The van der Waals surface area contributed by atoms with Gasteiger partial charge in [-0.05, 0) is 44.3 Å². The molecule has 0 amide bonds. The minimum atomic E-state index is -0.436. The molecular formula is C18H19ClFNO. The summed E-state index contributed by atoms with van der Waals surface area (Å²) in [5.41, 5.74) is 1.48. The highest BCUT2D eigenvalue weighted by atomic mass is 35.5. The van der Waals surface area contributed by atoms with Crippen molar-refractivity contribution in [2.24, 2.45) is 5.92 Å². The fourth-order valence-corrected chi connectivity index (χ4v) is 2.75. The maximum Gasteiger partial charge on any atom is 0.169 e. The minimum Gasteiger partial charge on any atom is -0.309 e. The first-order valence-corrected chi connectivity index (χ1v) is 7.53. The van der Waals surface area contributed by atoms with Crippen LogP contribution < -0.4 is 0 Å². The van der Waals surface area contributed by atoms with E-state index < -0.39 is 5.82 Å². The number of carbonyl (C=O) groups is 1. The van der Waals surface area contributed by atoms with E-state index in [4.69, 9.17) is 11.6 Å². The Morgan fingerprint density at radius 3 is 2.45 bits per heavy atom. The zero-order valence-electron chi connectivity index (χ0n) is 12.7. The molecule has 0 saturated heterocycles. The smallest absolute Gasteiger partial charge is 0.169 e. The number of carbonyl (C=O) groups excluding carboxylic acids is 1. The predicted molar refractivity (Wildman–Crippen MR) is 87.9 cm³/mol. The maximum absolute atomic E-state index is 13.2. The maximum atomic E-state index is 13.2. The molecular weight excluding hydrogens is 301 g/mol. The van der Waals surface area contributed by atoms with Crippen LogP contribution in [0.4, 0.5) is 4.39 Å². The zero-order valence-corrected chi connectivity index (χ0v) is 13.5. The van der Waals surface area contributed by atoms with E-state index in [0.717, 1.165) is 5.56 Å². The van der Waals surface area contributed by atoms with Gasteiger partial charge in [-0.25, -0.2) is 4.39 Å². The van der Waals surface area contributed by atoms with E-state index >= 15 is 0 Å². The Bertz CT molecular complexity index is 643. The largest absolute Gasteiger partial charge is 0.309 e. The Kier molecular flexibility index (Phi) is 5.69. The molecule has 0 spiro atoms. The lowest BCUT2D eigenvalue weighted by Gasteiger charge is -2.20. The summed E-state index contributed by atoms with van der Waals surface area (Å²) in [6, 6.07) is 13.8. The second kappa shape index (κ2) is 7.52. The third-order valence-corrected chi connectivity index (χ3v) is 3.79. The third-order valence-electron chi connectivity index (χ3n) is 3.48. The van der Waals surface area contributed by atoms with E-state index in [2.05, 4.69) is 0 Å². The van der Waals surface area contributed by atoms with Crippen LogP contribution >= 0.6 is 11.6 Å². The molecule has 0 fully saturated rings. The van der Waals surface area contributed by atoms with Gasteiger partial charge in [-0.3, -0.25) is 4.79 Å². The second-order valence-corrected chi connectivity index (χ2v) is 6.04. The fourth-order valence-electron chi connectivity index (χ4n) is 2.49. The fraction of sp³-hybridized carbons (Fsp3) is 0.278. The first-order chi connectivity index (χ1) is 10.5. The quantitative estimate of drug-likeness (QED) is 0.748. The van der Waals surface area contributed by atoms with E-state index in [1.165, 1.54) is 18.2 Å². The van der Waals surface area contributed by atoms with Crippen molar-refractivity contribution in [3.8, 4) is 0 Å². The van der Waals surface area contributed by atoms with E-state index in [-0.39, 0.29) is 16.7 Å². The standard InChI is InChI=1S/C18H19ClFNO/c1-21(2)12-14(10-13-6-4-3-5-7-13)18(22)16-9-8-15(20)11-17(16)19/h3-9,11,14H,10,12H2,1-2H3. The Labute approximate surface area is 135 Å². The summed E-state index contributed by atoms with van der Waals surface area (Å²) >= 11 is 6.03. The van der Waals surface area contributed by atoms with Gasteiger partial charge in [0.15, 0.2) is 5.78 Å². The topological polar surface area (TPSA) is 20.3 Å². The molecule has 0 saturated carbocycles. The number of ketones is 1. The Morgan fingerprint density at radius 1 is 1.18 bits per heavy atom. The van der Waals surface area contributed by atoms with Crippen molar-refractivity contribution < 1.29 is 9.18 Å². The number of halogens is 2. The van der Waals surface area contributed by atoms with Crippen LogP contribution in [0.5, 0.6) is 0 Å². The van der Waals surface area contributed by atoms with Crippen molar-refractivity contribution in [2.45, 2.75) is 6.42 Å². The zero-order chi connectivity index (χ0) is 16.1. The van der Waals surface area contributed by atoms with Crippen LogP contribution in [0.2, 0.25) is 5.02 Å². The lowest BCUT2D eigenvalue weighted by Crippen LogP contribution is -2.30. The monoisotopic (exact) mass is 319 g/mol. The van der Waals surface area contributed by atoms with Gasteiger partial charge in [0.2, 0.25) is 0 Å². The van der Waals surface area contributed by atoms with E-state index in [9.17, 15) is 9.18 Å². The summed E-state index contributed by atoms with van der Waals surface area (Å²) in [5, 5.41) is 0.168. The molecule has 0 N–H and O–H groups in total. The molecule has 22 heavy (non-hydrogen) atoms. The van der Waals surface area contributed by atoms with Gasteiger partial charge in [0.1, 0.15) is 5.82 Å². The molecule has 2 aromatic carbocycles. The van der Waals surface area contributed by atoms with Gasteiger partial charge in [-0.2, -0.15) is 0 Å². The highest BCUT2D eigenvalue weighted by molar-refractivity contribution is 6.34. The van der Waals surface area contributed by atoms with Gasteiger partial charge < -0.3 is 4.90 Å².